The number of rotatable bonds is 4. The van der Waals surface area contributed by atoms with Crippen LogP contribution < -0.4 is 0 Å². The lowest BCUT2D eigenvalue weighted by Crippen LogP contribution is -2.56. The molecule has 29 heavy (non-hydrogen) atoms. The molecular weight excluding hydrogens is 393 g/mol. The molecule has 2 fully saturated rings. The fourth-order valence-corrected chi connectivity index (χ4v) is 3.74. The largest absolute Gasteiger partial charge is 0.490 e. The Morgan fingerprint density at radius 3 is 2.72 bits per heavy atom. The average molecular weight is 418 g/mol. The first-order valence-corrected chi connectivity index (χ1v) is 9.28. The van der Waals surface area contributed by atoms with E-state index in [2.05, 4.69) is 4.98 Å². The van der Waals surface area contributed by atoms with E-state index in [0.29, 0.717) is 38.6 Å². The summed E-state index contributed by atoms with van der Waals surface area (Å²) in [5.74, 6) is -2.22. The van der Waals surface area contributed by atoms with Crippen molar-refractivity contribution >= 4 is 11.9 Å². The Hall–Kier alpha value is -2.20. The minimum absolute atomic E-state index is 0.143. The summed E-state index contributed by atoms with van der Waals surface area (Å²) in [5, 5.41) is 7.12. The van der Waals surface area contributed by atoms with Crippen molar-refractivity contribution in [1.82, 2.24) is 9.88 Å². The minimum Gasteiger partial charge on any atom is -0.475 e. The Morgan fingerprint density at radius 2 is 2.14 bits per heavy atom. The summed E-state index contributed by atoms with van der Waals surface area (Å²) < 4.78 is 43.2. The van der Waals surface area contributed by atoms with Gasteiger partial charge in [0, 0.05) is 31.5 Å². The molecule has 2 aliphatic rings. The molecule has 2 atom stereocenters. The first kappa shape index (κ1) is 23.1. The van der Waals surface area contributed by atoms with Gasteiger partial charge in [-0.2, -0.15) is 13.2 Å². The number of carbonyl (C=O) groups excluding carboxylic acids is 1. The molecular formula is C19H25F3N2O5. The lowest BCUT2D eigenvalue weighted by molar-refractivity contribution is -0.192. The molecule has 1 spiro atoms. The van der Waals surface area contributed by atoms with E-state index >= 15 is 0 Å². The van der Waals surface area contributed by atoms with Crippen molar-refractivity contribution in [3.05, 3.63) is 30.1 Å². The van der Waals surface area contributed by atoms with Crippen LogP contribution in [0.4, 0.5) is 13.2 Å². The highest BCUT2D eigenvalue weighted by Crippen LogP contribution is 2.41. The number of hydrogen-bond donors (Lipinski definition) is 1. The molecule has 1 saturated carbocycles. The molecule has 0 radical (unpaired) electrons. The summed E-state index contributed by atoms with van der Waals surface area (Å²) >= 11 is 0. The number of carboxylic acid groups (broad SMARTS) is 1. The maximum atomic E-state index is 12.6. The number of aromatic nitrogens is 1. The van der Waals surface area contributed by atoms with E-state index in [0.717, 1.165) is 25.0 Å². The number of alkyl halides is 3. The Balaban J connectivity index is 0.000000370. The molecule has 0 unspecified atom stereocenters. The number of carboxylic acids is 1. The van der Waals surface area contributed by atoms with E-state index in [-0.39, 0.29) is 11.5 Å². The predicted octanol–water partition coefficient (Wildman–Crippen LogP) is 2.30. The third-order valence-corrected chi connectivity index (χ3v) is 5.13. The second-order valence-electron chi connectivity index (χ2n) is 7.07. The number of ether oxygens (including phenoxy) is 2. The van der Waals surface area contributed by atoms with Crippen molar-refractivity contribution < 1.29 is 37.3 Å². The van der Waals surface area contributed by atoms with Gasteiger partial charge in [0.1, 0.15) is 0 Å². The minimum atomic E-state index is -5.08. The van der Waals surface area contributed by atoms with Gasteiger partial charge in [0.05, 0.1) is 31.8 Å². The molecule has 2 heterocycles. The molecule has 0 bridgehead atoms. The molecule has 7 nitrogen and oxygen atoms in total. The Bertz CT molecular complexity index is 686. The average Bonchev–Trinajstić information content (AvgIpc) is 3.04. The molecule has 10 heteroatoms. The van der Waals surface area contributed by atoms with Gasteiger partial charge in [-0.1, -0.05) is 12.5 Å². The Labute approximate surface area is 166 Å². The number of hydrogen-bond acceptors (Lipinski definition) is 5. The van der Waals surface area contributed by atoms with Crippen LogP contribution in [-0.2, 0) is 25.5 Å². The maximum Gasteiger partial charge on any atom is 0.490 e. The van der Waals surface area contributed by atoms with Crippen LogP contribution in [-0.4, -0.2) is 72.1 Å². The fraction of sp³-hybridized carbons (Fsp3) is 0.632. The SMILES string of the molecule is COC[C@@H]1CCC[C@]12CN(C(=O)Cc1ccccn1)CCO2.O=C(O)C(F)(F)F. The number of carbonyl (C=O) groups is 2. The van der Waals surface area contributed by atoms with Crippen molar-refractivity contribution in [2.75, 3.05) is 33.4 Å². The highest BCUT2D eigenvalue weighted by atomic mass is 19.4. The predicted molar refractivity (Wildman–Crippen MR) is 96.1 cm³/mol. The van der Waals surface area contributed by atoms with E-state index < -0.39 is 12.1 Å². The summed E-state index contributed by atoms with van der Waals surface area (Å²) in [5.41, 5.74) is 0.626. The van der Waals surface area contributed by atoms with Gasteiger partial charge in [-0.3, -0.25) is 9.78 Å². The van der Waals surface area contributed by atoms with Crippen LogP contribution in [0.2, 0.25) is 0 Å². The topological polar surface area (TPSA) is 89.0 Å². The lowest BCUT2D eigenvalue weighted by atomic mass is 9.89. The third kappa shape index (κ3) is 6.40. The van der Waals surface area contributed by atoms with Crippen LogP contribution >= 0.6 is 0 Å². The number of aliphatic carboxylic acids is 1. The monoisotopic (exact) mass is 418 g/mol. The first-order valence-electron chi connectivity index (χ1n) is 9.28. The second-order valence-corrected chi connectivity index (χ2v) is 7.07. The molecule has 1 aliphatic carbocycles. The zero-order valence-corrected chi connectivity index (χ0v) is 16.2. The quantitative estimate of drug-likeness (QED) is 0.807. The van der Waals surface area contributed by atoms with E-state index in [1.54, 1.807) is 13.3 Å². The normalized spacial score (nSPS) is 24.1. The zero-order valence-electron chi connectivity index (χ0n) is 16.2. The fourth-order valence-electron chi connectivity index (χ4n) is 3.74. The summed E-state index contributed by atoms with van der Waals surface area (Å²) in [4.78, 5) is 27.7. The molecule has 3 rings (SSSR count). The first-order chi connectivity index (χ1) is 13.7. The van der Waals surface area contributed by atoms with Crippen molar-refractivity contribution in [2.24, 2.45) is 5.92 Å². The number of nitrogens with zero attached hydrogens (tertiary/aromatic N) is 2. The number of methoxy groups -OCH3 is 1. The third-order valence-electron chi connectivity index (χ3n) is 5.13. The molecule has 162 valence electrons. The van der Waals surface area contributed by atoms with E-state index in [1.165, 1.54) is 0 Å². The lowest BCUT2D eigenvalue weighted by Gasteiger charge is -2.44. The molecule has 1 aromatic heterocycles. The number of pyridine rings is 1. The van der Waals surface area contributed by atoms with Gasteiger partial charge >= 0.3 is 12.1 Å². The summed E-state index contributed by atoms with van der Waals surface area (Å²) in [7, 11) is 1.73. The van der Waals surface area contributed by atoms with E-state index in [1.807, 2.05) is 23.1 Å². The number of amides is 1. The van der Waals surface area contributed by atoms with Crippen LogP contribution in [0.1, 0.15) is 25.0 Å². The molecule has 1 N–H and O–H groups in total. The van der Waals surface area contributed by atoms with Crippen LogP contribution in [0.25, 0.3) is 0 Å². The van der Waals surface area contributed by atoms with Gasteiger partial charge in [-0.15, -0.1) is 0 Å². The van der Waals surface area contributed by atoms with Gasteiger partial charge < -0.3 is 19.5 Å². The van der Waals surface area contributed by atoms with Crippen molar-refractivity contribution in [2.45, 2.75) is 37.5 Å². The van der Waals surface area contributed by atoms with Gasteiger partial charge in [-0.25, -0.2) is 4.79 Å². The van der Waals surface area contributed by atoms with Gasteiger partial charge in [0.2, 0.25) is 5.91 Å². The highest BCUT2D eigenvalue weighted by molar-refractivity contribution is 5.78. The van der Waals surface area contributed by atoms with Gasteiger partial charge in [0.15, 0.2) is 0 Å². The number of morpholine rings is 1. The molecule has 1 aromatic rings. The highest BCUT2D eigenvalue weighted by Gasteiger charge is 2.47. The van der Waals surface area contributed by atoms with Crippen molar-refractivity contribution in [3.63, 3.8) is 0 Å². The zero-order chi connectivity index (χ0) is 21.5. The van der Waals surface area contributed by atoms with Crippen LogP contribution in [0.3, 0.4) is 0 Å². The van der Waals surface area contributed by atoms with Gasteiger partial charge in [-0.05, 0) is 25.0 Å². The van der Waals surface area contributed by atoms with Crippen molar-refractivity contribution in [1.29, 1.82) is 0 Å². The standard InChI is InChI=1S/C17H24N2O3.C2HF3O2/c1-21-12-14-5-4-7-17(14)13-19(9-10-22-17)16(20)11-15-6-2-3-8-18-15;3-2(4,5)1(6)7/h2-3,6,8,14H,4-5,7,9-13H2,1H3;(H,6,7)/t14-,17-;/m0./s1. The Morgan fingerprint density at radius 1 is 1.41 bits per heavy atom. The van der Waals surface area contributed by atoms with Crippen LogP contribution in [0.15, 0.2) is 24.4 Å². The second kappa shape index (κ2) is 10.0. The summed E-state index contributed by atoms with van der Waals surface area (Å²) in [6, 6.07) is 5.69. The summed E-state index contributed by atoms with van der Waals surface area (Å²) in [6.07, 6.45) is 0.307. The van der Waals surface area contributed by atoms with E-state index in [4.69, 9.17) is 19.4 Å². The number of halogens is 3. The van der Waals surface area contributed by atoms with Crippen LogP contribution in [0, 0.1) is 5.92 Å². The molecule has 1 saturated heterocycles. The molecule has 0 aromatic carbocycles. The van der Waals surface area contributed by atoms with E-state index in [9.17, 15) is 18.0 Å². The molecule has 1 amide bonds. The maximum absolute atomic E-state index is 12.6. The van der Waals surface area contributed by atoms with Crippen molar-refractivity contribution in [3.8, 4) is 0 Å². The smallest absolute Gasteiger partial charge is 0.475 e. The Kier molecular flexibility index (Phi) is 7.97. The summed E-state index contributed by atoms with van der Waals surface area (Å²) in [6.45, 7) is 2.69. The molecule has 1 aliphatic heterocycles. The van der Waals surface area contributed by atoms with Gasteiger partial charge in [0.25, 0.3) is 0 Å². The van der Waals surface area contributed by atoms with Crippen LogP contribution in [0.5, 0.6) is 0 Å².